The van der Waals surface area contributed by atoms with Crippen LogP contribution in [0.5, 0.6) is 0 Å². The van der Waals surface area contributed by atoms with E-state index in [0.29, 0.717) is 5.69 Å². The van der Waals surface area contributed by atoms with Gasteiger partial charge in [-0.15, -0.1) is 5.10 Å². The molecule has 3 aromatic rings. The Kier molecular flexibility index (Phi) is 3.41. The minimum Gasteiger partial charge on any atom is -0.307 e. The zero-order valence-corrected chi connectivity index (χ0v) is 13.6. The Morgan fingerprint density at radius 2 is 2.08 bits per heavy atom. The molecule has 1 aromatic carbocycles. The van der Waals surface area contributed by atoms with Crippen molar-refractivity contribution in [2.24, 2.45) is 7.05 Å². The fraction of sp³-hybridized carbons (Fsp3) is 0.294. The van der Waals surface area contributed by atoms with Crippen molar-refractivity contribution in [2.45, 2.75) is 25.9 Å². The van der Waals surface area contributed by atoms with Crippen LogP contribution in [0.4, 0.5) is 5.69 Å². The monoisotopic (exact) mass is 322 g/mol. The molecule has 122 valence electrons. The number of para-hydroxylation sites is 1. The summed E-state index contributed by atoms with van der Waals surface area (Å²) >= 11 is 0. The van der Waals surface area contributed by atoms with E-state index in [4.69, 9.17) is 0 Å². The van der Waals surface area contributed by atoms with Crippen LogP contribution < -0.4 is 4.90 Å². The summed E-state index contributed by atoms with van der Waals surface area (Å²) < 4.78 is 3.28. The highest BCUT2D eigenvalue weighted by Crippen LogP contribution is 2.31. The second-order valence-corrected chi connectivity index (χ2v) is 6.12. The number of aromatic nitrogens is 5. The standard InChI is InChI=1S/C17H18N6O/c1-12-9-13-5-3-4-6-16(13)23(12)17(24)11-22-10-15(18-20-22)14-7-8-21(2)19-14/h3-8,10,12H,9,11H2,1-2H3. The largest absolute Gasteiger partial charge is 0.307 e. The second-order valence-electron chi connectivity index (χ2n) is 6.12. The number of nitrogens with zero attached hydrogens (tertiary/aromatic N) is 6. The summed E-state index contributed by atoms with van der Waals surface area (Å²) in [4.78, 5) is 14.6. The number of amides is 1. The lowest BCUT2D eigenvalue weighted by atomic mass is 10.1. The molecule has 0 saturated heterocycles. The molecule has 0 N–H and O–H groups in total. The first kappa shape index (κ1) is 14.6. The van der Waals surface area contributed by atoms with E-state index in [1.807, 2.05) is 42.4 Å². The second kappa shape index (κ2) is 5.59. The average molecular weight is 322 g/mol. The molecule has 0 spiro atoms. The smallest absolute Gasteiger partial charge is 0.249 e. The summed E-state index contributed by atoms with van der Waals surface area (Å²) in [6.07, 6.45) is 4.49. The first-order chi connectivity index (χ1) is 11.6. The summed E-state index contributed by atoms with van der Waals surface area (Å²) in [6, 6.07) is 10.1. The number of hydrogen-bond donors (Lipinski definition) is 0. The van der Waals surface area contributed by atoms with Gasteiger partial charge < -0.3 is 4.90 Å². The van der Waals surface area contributed by atoms with Crippen LogP contribution in [0.2, 0.25) is 0 Å². The van der Waals surface area contributed by atoms with E-state index in [1.54, 1.807) is 15.6 Å². The maximum absolute atomic E-state index is 12.8. The van der Waals surface area contributed by atoms with Crippen molar-refractivity contribution in [3.8, 4) is 11.4 Å². The fourth-order valence-corrected chi connectivity index (χ4v) is 3.21. The first-order valence-electron chi connectivity index (χ1n) is 7.92. The minimum atomic E-state index is 0.0184. The topological polar surface area (TPSA) is 68.8 Å². The number of carbonyl (C=O) groups excluding carboxylic acids is 1. The quantitative estimate of drug-likeness (QED) is 0.735. The van der Waals surface area contributed by atoms with Gasteiger partial charge in [-0.3, -0.25) is 9.48 Å². The molecule has 1 aliphatic heterocycles. The van der Waals surface area contributed by atoms with E-state index < -0.39 is 0 Å². The lowest BCUT2D eigenvalue weighted by Gasteiger charge is -2.22. The van der Waals surface area contributed by atoms with Gasteiger partial charge >= 0.3 is 0 Å². The minimum absolute atomic E-state index is 0.0184. The number of hydrogen-bond acceptors (Lipinski definition) is 4. The van der Waals surface area contributed by atoms with Gasteiger partial charge in [-0.05, 0) is 31.0 Å². The van der Waals surface area contributed by atoms with Crippen molar-refractivity contribution in [3.05, 3.63) is 48.3 Å². The van der Waals surface area contributed by atoms with Gasteiger partial charge in [-0.2, -0.15) is 5.10 Å². The van der Waals surface area contributed by atoms with Crippen molar-refractivity contribution in [2.75, 3.05) is 4.90 Å². The number of anilines is 1. The highest BCUT2D eigenvalue weighted by atomic mass is 16.2. The Hall–Kier alpha value is -2.96. The highest BCUT2D eigenvalue weighted by Gasteiger charge is 2.30. The Balaban J connectivity index is 1.54. The summed E-state index contributed by atoms with van der Waals surface area (Å²) in [6.45, 7) is 2.23. The van der Waals surface area contributed by atoms with Gasteiger partial charge in [0.25, 0.3) is 0 Å². The number of carbonyl (C=O) groups is 1. The molecule has 0 fully saturated rings. The molecule has 2 aromatic heterocycles. The molecule has 1 amide bonds. The Morgan fingerprint density at radius 3 is 2.88 bits per heavy atom. The Labute approximate surface area is 139 Å². The molecule has 1 aliphatic rings. The Morgan fingerprint density at radius 1 is 1.25 bits per heavy atom. The molecule has 1 unspecified atom stereocenters. The zero-order valence-electron chi connectivity index (χ0n) is 13.6. The van der Waals surface area contributed by atoms with Gasteiger partial charge in [0, 0.05) is 25.0 Å². The summed E-state index contributed by atoms with van der Waals surface area (Å²) in [5, 5.41) is 12.5. The summed E-state index contributed by atoms with van der Waals surface area (Å²) in [5.41, 5.74) is 3.63. The van der Waals surface area contributed by atoms with Crippen molar-refractivity contribution in [1.82, 2.24) is 24.8 Å². The zero-order chi connectivity index (χ0) is 16.7. The van der Waals surface area contributed by atoms with Crippen molar-refractivity contribution in [1.29, 1.82) is 0 Å². The fourth-order valence-electron chi connectivity index (χ4n) is 3.21. The van der Waals surface area contributed by atoms with E-state index in [9.17, 15) is 4.79 Å². The molecule has 1 atom stereocenters. The molecule has 4 rings (SSSR count). The van der Waals surface area contributed by atoms with Gasteiger partial charge in [0.1, 0.15) is 17.9 Å². The van der Waals surface area contributed by atoms with Crippen LogP contribution in [0.3, 0.4) is 0 Å². The number of aryl methyl sites for hydroxylation is 1. The van der Waals surface area contributed by atoms with Crippen LogP contribution in [0.1, 0.15) is 12.5 Å². The lowest BCUT2D eigenvalue weighted by Crippen LogP contribution is -2.38. The normalized spacial score (nSPS) is 16.4. The molecule has 24 heavy (non-hydrogen) atoms. The highest BCUT2D eigenvalue weighted by molar-refractivity contribution is 5.96. The molecule has 7 nitrogen and oxygen atoms in total. The van der Waals surface area contributed by atoms with E-state index >= 15 is 0 Å². The van der Waals surface area contributed by atoms with Crippen molar-refractivity contribution < 1.29 is 4.79 Å². The summed E-state index contributed by atoms with van der Waals surface area (Å²) in [5.74, 6) is 0.0184. The number of fused-ring (bicyclic) bond motifs is 1. The third-order valence-corrected chi connectivity index (χ3v) is 4.29. The lowest BCUT2D eigenvalue weighted by molar-refractivity contribution is -0.119. The SMILES string of the molecule is CC1Cc2ccccc2N1C(=O)Cn1cc(-c2ccn(C)n2)nn1. The van der Waals surface area contributed by atoms with Gasteiger partial charge in [0.15, 0.2) is 0 Å². The molecule has 0 radical (unpaired) electrons. The molecular formula is C17H18N6O. The molecule has 3 heterocycles. The molecule has 0 saturated carbocycles. The van der Waals surface area contributed by atoms with Crippen LogP contribution in [-0.2, 0) is 24.8 Å². The van der Waals surface area contributed by atoms with Crippen LogP contribution in [0.25, 0.3) is 11.4 Å². The maximum Gasteiger partial charge on any atom is 0.249 e. The van der Waals surface area contributed by atoms with Gasteiger partial charge in [0.05, 0.1) is 6.20 Å². The van der Waals surface area contributed by atoms with E-state index in [0.717, 1.165) is 17.8 Å². The first-order valence-corrected chi connectivity index (χ1v) is 7.92. The van der Waals surface area contributed by atoms with Gasteiger partial charge in [-0.25, -0.2) is 4.68 Å². The van der Waals surface area contributed by atoms with Crippen molar-refractivity contribution >= 4 is 11.6 Å². The van der Waals surface area contributed by atoms with E-state index in [1.165, 1.54) is 5.56 Å². The van der Waals surface area contributed by atoms with E-state index in [2.05, 4.69) is 28.4 Å². The maximum atomic E-state index is 12.8. The third kappa shape index (κ3) is 2.47. The van der Waals surface area contributed by atoms with E-state index in [-0.39, 0.29) is 18.5 Å². The molecule has 0 aliphatic carbocycles. The van der Waals surface area contributed by atoms with Gasteiger partial charge in [0.2, 0.25) is 5.91 Å². The molecule has 0 bridgehead atoms. The number of benzene rings is 1. The van der Waals surface area contributed by atoms with Crippen LogP contribution in [-0.4, -0.2) is 36.7 Å². The molecule has 7 heteroatoms. The van der Waals surface area contributed by atoms with Crippen LogP contribution >= 0.6 is 0 Å². The van der Waals surface area contributed by atoms with Crippen molar-refractivity contribution in [3.63, 3.8) is 0 Å². The predicted octanol–water partition coefficient (Wildman–Crippen LogP) is 1.66. The summed E-state index contributed by atoms with van der Waals surface area (Å²) in [7, 11) is 1.85. The number of rotatable bonds is 3. The van der Waals surface area contributed by atoms with Crippen LogP contribution in [0.15, 0.2) is 42.7 Å². The Bertz CT molecular complexity index is 896. The third-order valence-electron chi connectivity index (χ3n) is 4.29. The average Bonchev–Trinajstić information content (AvgIpc) is 3.24. The van der Waals surface area contributed by atoms with Gasteiger partial charge in [-0.1, -0.05) is 23.4 Å². The predicted molar refractivity (Wildman–Crippen MR) is 89.3 cm³/mol. The van der Waals surface area contributed by atoms with Crippen LogP contribution in [0, 0.1) is 0 Å². The molecular weight excluding hydrogens is 304 g/mol.